The Balaban J connectivity index is 0.00000161. The van der Waals surface area contributed by atoms with E-state index < -0.39 is 0 Å². The zero-order chi connectivity index (χ0) is 13.9. The van der Waals surface area contributed by atoms with Crippen LogP contribution in [0.4, 0.5) is 0 Å². The fourth-order valence-corrected chi connectivity index (χ4v) is 2.46. The van der Waals surface area contributed by atoms with Crippen molar-refractivity contribution in [2.45, 2.75) is 0 Å². The zero-order valence-electron chi connectivity index (χ0n) is 11.0. The van der Waals surface area contributed by atoms with Crippen LogP contribution in [-0.2, 0) is 0 Å². The second-order valence-corrected chi connectivity index (χ2v) is 5.27. The molecule has 0 atom stereocenters. The molecular formula is C17H12Cl3N. The van der Waals surface area contributed by atoms with E-state index in [1.807, 2.05) is 54.6 Å². The number of benzene rings is 2. The number of fused-ring (bicyclic) bond motifs is 1. The van der Waals surface area contributed by atoms with Gasteiger partial charge in [-0.2, -0.15) is 0 Å². The van der Waals surface area contributed by atoms with Gasteiger partial charge in [0.05, 0.1) is 11.2 Å². The first-order valence-electron chi connectivity index (χ1n) is 6.21. The lowest BCUT2D eigenvalue weighted by atomic mass is 10.1. The molecule has 4 heteroatoms. The van der Waals surface area contributed by atoms with Crippen molar-refractivity contribution in [2.24, 2.45) is 0 Å². The molecule has 0 N–H and O–H groups in total. The topological polar surface area (TPSA) is 12.9 Å². The fraction of sp³-hybridized carbons (Fsp3) is 0. The first-order valence-corrected chi connectivity index (χ1v) is 6.97. The normalized spacial score (nSPS) is 10.8. The van der Waals surface area contributed by atoms with Gasteiger partial charge < -0.3 is 0 Å². The lowest BCUT2D eigenvalue weighted by Crippen LogP contribution is -1.82. The average molecular weight is 337 g/mol. The van der Waals surface area contributed by atoms with Gasteiger partial charge in [0, 0.05) is 15.4 Å². The van der Waals surface area contributed by atoms with Crippen LogP contribution in [0.15, 0.2) is 54.6 Å². The van der Waals surface area contributed by atoms with E-state index in [9.17, 15) is 0 Å². The molecule has 0 aliphatic heterocycles. The van der Waals surface area contributed by atoms with Crippen molar-refractivity contribution in [2.75, 3.05) is 0 Å². The van der Waals surface area contributed by atoms with Crippen LogP contribution in [-0.4, -0.2) is 4.98 Å². The Kier molecular flexibility index (Phi) is 5.24. The molecule has 106 valence electrons. The second-order valence-electron chi connectivity index (χ2n) is 4.43. The molecule has 21 heavy (non-hydrogen) atoms. The molecule has 3 aromatic rings. The third-order valence-electron chi connectivity index (χ3n) is 3.02. The van der Waals surface area contributed by atoms with Gasteiger partial charge in [-0.15, -0.1) is 12.4 Å². The number of nitrogens with zero attached hydrogens (tertiary/aromatic N) is 1. The molecule has 1 nitrogen and oxygen atoms in total. The number of para-hydroxylation sites is 1. The molecule has 0 aliphatic carbocycles. The minimum Gasteiger partial charge on any atom is -0.248 e. The van der Waals surface area contributed by atoms with Gasteiger partial charge in [-0.1, -0.05) is 59.6 Å². The first kappa shape index (κ1) is 15.8. The SMILES string of the molecule is Cl.Clc1ccc(/C=C/c2ccc3ccccc3n2)c(Cl)c1. The summed E-state index contributed by atoms with van der Waals surface area (Å²) < 4.78 is 0. The van der Waals surface area contributed by atoms with Gasteiger partial charge >= 0.3 is 0 Å². The van der Waals surface area contributed by atoms with Crippen LogP contribution >= 0.6 is 35.6 Å². The van der Waals surface area contributed by atoms with Gasteiger partial charge in [0.15, 0.2) is 0 Å². The highest BCUT2D eigenvalue weighted by Crippen LogP contribution is 2.23. The predicted octanol–water partition coefficient (Wildman–Crippen LogP) is 6.13. The molecule has 2 aromatic carbocycles. The van der Waals surface area contributed by atoms with Crippen LogP contribution in [0.2, 0.25) is 10.0 Å². The fourth-order valence-electron chi connectivity index (χ4n) is 1.99. The number of rotatable bonds is 2. The van der Waals surface area contributed by atoms with E-state index in [0.29, 0.717) is 10.0 Å². The molecule has 0 fully saturated rings. The summed E-state index contributed by atoms with van der Waals surface area (Å²) in [5.41, 5.74) is 2.80. The molecule has 0 spiro atoms. The summed E-state index contributed by atoms with van der Waals surface area (Å²) in [6.45, 7) is 0. The highest BCUT2D eigenvalue weighted by molar-refractivity contribution is 6.35. The molecule has 0 saturated carbocycles. The van der Waals surface area contributed by atoms with Crippen LogP contribution < -0.4 is 0 Å². The van der Waals surface area contributed by atoms with E-state index in [4.69, 9.17) is 23.2 Å². The second kappa shape index (κ2) is 6.95. The Hall–Kier alpha value is -1.54. The maximum absolute atomic E-state index is 6.13. The quantitative estimate of drug-likeness (QED) is 0.548. The summed E-state index contributed by atoms with van der Waals surface area (Å²) in [6, 6.07) is 17.5. The molecule has 1 aromatic heterocycles. The highest BCUT2D eigenvalue weighted by Gasteiger charge is 1.98. The molecule has 0 radical (unpaired) electrons. The number of aromatic nitrogens is 1. The highest BCUT2D eigenvalue weighted by atomic mass is 35.5. The molecule has 0 aliphatic rings. The lowest BCUT2D eigenvalue weighted by molar-refractivity contribution is 1.37. The summed E-state index contributed by atoms with van der Waals surface area (Å²) in [4.78, 5) is 4.58. The Morgan fingerprint density at radius 3 is 2.48 bits per heavy atom. The number of hydrogen-bond donors (Lipinski definition) is 0. The van der Waals surface area contributed by atoms with Crippen molar-refractivity contribution in [3.8, 4) is 0 Å². The van der Waals surface area contributed by atoms with Crippen LogP contribution in [0.1, 0.15) is 11.3 Å². The molecule has 0 bridgehead atoms. The predicted molar refractivity (Wildman–Crippen MR) is 94.4 cm³/mol. The summed E-state index contributed by atoms with van der Waals surface area (Å²) in [5.74, 6) is 0. The molecular weight excluding hydrogens is 325 g/mol. The Labute approximate surface area is 139 Å². The van der Waals surface area contributed by atoms with Crippen LogP contribution in [0.5, 0.6) is 0 Å². The van der Waals surface area contributed by atoms with E-state index >= 15 is 0 Å². The summed E-state index contributed by atoms with van der Waals surface area (Å²) in [6.07, 6.45) is 3.89. The van der Waals surface area contributed by atoms with Gasteiger partial charge in [0.2, 0.25) is 0 Å². The smallest absolute Gasteiger partial charge is 0.0709 e. The van der Waals surface area contributed by atoms with Crippen molar-refractivity contribution in [3.05, 3.63) is 75.9 Å². The van der Waals surface area contributed by atoms with Crippen molar-refractivity contribution in [3.63, 3.8) is 0 Å². The summed E-state index contributed by atoms with van der Waals surface area (Å²) in [7, 11) is 0. The Bertz CT molecular complexity index is 797. The van der Waals surface area contributed by atoms with Gasteiger partial charge in [-0.25, -0.2) is 4.98 Å². The molecule has 0 saturated heterocycles. The number of halogens is 3. The largest absolute Gasteiger partial charge is 0.248 e. The van der Waals surface area contributed by atoms with Crippen molar-refractivity contribution in [1.29, 1.82) is 0 Å². The third-order valence-corrected chi connectivity index (χ3v) is 3.58. The van der Waals surface area contributed by atoms with E-state index in [1.54, 1.807) is 6.07 Å². The van der Waals surface area contributed by atoms with Crippen molar-refractivity contribution >= 4 is 58.7 Å². The van der Waals surface area contributed by atoms with Crippen LogP contribution in [0, 0.1) is 0 Å². The first-order chi connectivity index (χ1) is 9.72. The van der Waals surface area contributed by atoms with Gasteiger partial charge in [0.1, 0.15) is 0 Å². The Morgan fingerprint density at radius 2 is 1.67 bits per heavy atom. The maximum Gasteiger partial charge on any atom is 0.0709 e. The number of hydrogen-bond acceptors (Lipinski definition) is 1. The van der Waals surface area contributed by atoms with Gasteiger partial charge in [-0.3, -0.25) is 0 Å². The minimum absolute atomic E-state index is 0. The molecule has 1 heterocycles. The maximum atomic E-state index is 6.13. The van der Waals surface area contributed by atoms with Crippen molar-refractivity contribution < 1.29 is 0 Å². The average Bonchev–Trinajstić information content (AvgIpc) is 2.46. The number of pyridine rings is 1. The van der Waals surface area contributed by atoms with E-state index in [1.165, 1.54) is 0 Å². The van der Waals surface area contributed by atoms with Gasteiger partial charge in [0.25, 0.3) is 0 Å². The van der Waals surface area contributed by atoms with E-state index in [2.05, 4.69) is 11.1 Å². The lowest BCUT2D eigenvalue weighted by Gasteiger charge is -2.00. The minimum atomic E-state index is 0. The third kappa shape index (κ3) is 3.76. The monoisotopic (exact) mass is 335 g/mol. The Morgan fingerprint density at radius 1 is 0.857 bits per heavy atom. The zero-order valence-corrected chi connectivity index (χ0v) is 13.3. The van der Waals surface area contributed by atoms with Crippen molar-refractivity contribution in [1.82, 2.24) is 4.98 Å². The summed E-state index contributed by atoms with van der Waals surface area (Å²) in [5, 5.41) is 2.40. The standard InChI is InChI=1S/C17H11Cl2N.ClH/c18-14-8-5-12(16(19)11-14)6-9-15-10-7-13-3-1-2-4-17(13)20-15;/h1-11H;1H/b9-6+;. The van der Waals surface area contributed by atoms with E-state index in [0.717, 1.165) is 22.2 Å². The molecule has 0 amide bonds. The van der Waals surface area contributed by atoms with Gasteiger partial charge in [-0.05, 0) is 35.9 Å². The van der Waals surface area contributed by atoms with E-state index in [-0.39, 0.29) is 12.4 Å². The van der Waals surface area contributed by atoms with Crippen LogP contribution in [0.25, 0.3) is 23.1 Å². The van der Waals surface area contributed by atoms with Crippen LogP contribution in [0.3, 0.4) is 0 Å². The molecule has 0 unspecified atom stereocenters. The summed E-state index contributed by atoms with van der Waals surface area (Å²) >= 11 is 12.0. The molecule has 3 rings (SSSR count).